The quantitative estimate of drug-likeness (QED) is 0.915. The molecule has 1 aliphatic heterocycles. The van der Waals surface area contributed by atoms with Crippen LogP contribution in [0.4, 0.5) is 4.39 Å². The highest BCUT2D eigenvalue weighted by Crippen LogP contribution is 2.50. The Morgan fingerprint density at radius 1 is 1.32 bits per heavy atom. The molecule has 2 fully saturated rings. The fourth-order valence-electron chi connectivity index (χ4n) is 2.95. The number of hydrogen-bond acceptors (Lipinski definition) is 2. The Kier molecular flexibility index (Phi) is 3.81. The molecule has 2 aliphatic rings. The largest absolute Gasteiger partial charge is 0.479 e. The van der Waals surface area contributed by atoms with Gasteiger partial charge in [-0.05, 0) is 30.0 Å². The number of carbonyl (C=O) groups excluding carboxylic acids is 1. The number of halogens is 3. The molecule has 1 saturated carbocycles. The number of carboxylic acid groups (broad SMARTS) is 1. The minimum Gasteiger partial charge on any atom is -0.479 e. The monoisotopic (exact) mass is 345 g/mol. The highest BCUT2D eigenvalue weighted by molar-refractivity contribution is 6.42. The van der Waals surface area contributed by atoms with Gasteiger partial charge in [0.2, 0.25) is 11.6 Å². The van der Waals surface area contributed by atoms with Crippen LogP contribution in [0.15, 0.2) is 18.2 Å². The van der Waals surface area contributed by atoms with Crippen LogP contribution >= 0.6 is 23.2 Å². The van der Waals surface area contributed by atoms with Gasteiger partial charge in [0.15, 0.2) is 0 Å². The van der Waals surface area contributed by atoms with E-state index < -0.39 is 11.6 Å². The molecule has 1 saturated heterocycles. The van der Waals surface area contributed by atoms with Gasteiger partial charge in [-0.1, -0.05) is 29.3 Å². The van der Waals surface area contributed by atoms with E-state index in [4.69, 9.17) is 28.3 Å². The van der Waals surface area contributed by atoms with E-state index >= 15 is 0 Å². The Hall–Kier alpha value is -1.33. The average molecular weight is 346 g/mol. The third-order valence-electron chi connectivity index (χ3n) is 4.39. The van der Waals surface area contributed by atoms with Crippen molar-refractivity contribution in [3.63, 3.8) is 0 Å². The zero-order valence-corrected chi connectivity index (χ0v) is 13.1. The molecule has 118 valence electrons. The standard InChI is InChI=1S/C15H14Cl2FNO3/c16-11-2-1-8(5-12(11)17)9-6-10(9)13(20)19-4-3-15(18,7-19)14(21)22/h1-2,5,9-10H,3-4,6-7H2,(H,21,22). The molecule has 1 aromatic rings. The van der Waals surface area contributed by atoms with Crippen LogP contribution in [0.2, 0.25) is 10.0 Å². The molecule has 3 atom stereocenters. The van der Waals surface area contributed by atoms with Crippen LogP contribution < -0.4 is 0 Å². The van der Waals surface area contributed by atoms with Crippen molar-refractivity contribution in [3.8, 4) is 0 Å². The van der Waals surface area contributed by atoms with Gasteiger partial charge >= 0.3 is 5.97 Å². The van der Waals surface area contributed by atoms with Crippen LogP contribution in [0.5, 0.6) is 0 Å². The molecule has 7 heteroatoms. The van der Waals surface area contributed by atoms with Gasteiger partial charge in [-0.15, -0.1) is 0 Å². The molecule has 1 N–H and O–H groups in total. The Balaban J connectivity index is 1.66. The molecule has 3 unspecified atom stereocenters. The first-order valence-corrected chi connectivity index (χ1v) is 7.73. The van der Waals surface area contributed by atoms with E-state index in [1.54, 1.807) is 12.1 Å². The molecule has 0 aromatic heterocycles. The van der Waals surface area contributed by atoms with E-state index in [1.807, 2.05) is 6.07 Å². The zero-order chi connectivity index (χ0) is 16.1. The van der Waals surface area contributed by atoms with Gasteiger partial charge in [0.05, 0.1) is 16.6 Å². The zero-order valence-electron chi connectivity index (χ0n) is 11.6. The Bertz CT molecular complexity index is 654. The summed E-state index contributed by atoms with van der Waals surface area (Å²) < 4.78 is 14.0. The minimum absolute atomic E-state index is 0.0432. The van der Waals surface area contributed by atoms with Crippen LogP contribution in [-0.2, 0) is 9.59 Å². The van der Waals surface area contributed by atoms with Crippen molar-refractivity contribution in [2.75, 3.05) is 13.1 Å². The summed E-state index contributed by atoms with van der Waals surface area (Å²) >= 11 is 11.8. The van der Waals surface area contributed by atoms with Gasteiger partial charge in [0.25, 0.3) is 0 Å². The van der Waals surface area contributed by atoms with Crippen molar-refractivity contribution in [1.29, 1.82) is 0 Å². The topological polar surface area (TPSA) is 57.6 Å². The molecular formula is C15H14Cl2FNO3. The maximum absolute atomic E-state index is 14.0. The van der Waals surface area contributed by atoms with E-state index in [2.05, 4.69) is 0 Å². The molecule has 0 spiro atoms. The summed E-state index contributed by atoms with van der Waals surface area (Å²) in [4.78, 5) is 24.6. The fraction of sp³-hybridized carbons (Fsp3) is 0.467. The lowest BCUT2D eigenvalue weighted by Gasteiger charge is -2.17. The smallest absolute Gasteiger partial charge is 0.343 e. The van der Waals surface area contributed by atoms with Gasteiger partial charge < -0.3 is 10.0 Å². The maximum Gasteiger partial charge on any atom is 0.343 e. The van der Waals surface area contributed by atoms with E-state index in [9.17, 15) is 14.0 Å². The first-order chi connectivity index (χ1) is 10.3. The lowest BCUT2D eigenvalue weighted by Crippen LogP contribution is -2.39. The highest BCUT2D eigenvalue weighted by Gasteiger charge is 2.52. The molecule has 1 amide bonds. The lowest BCUT2D eigenvalue weighted by molar-refractivity contribution is -0.150. The summed E-state index contributed by atoms with van der Waals surface area (Å²) in [7, 11) is 0. The van der Waals surface area contributed by atoms with Crippen LogP contribution in [-0.4, -0.2) is 40.6 Å². The number of carbonyl (C=O) groups is 2. The van der Waals surface area contributed by atoms with Crippen LogP contribution in [0.1, 0.15) is 24.3 Å². The van der Waals surface area contributed by atoms with Crippen LogP contribution in [0.25, 0.3) is 0 Å². The molecule has 1 aromatic carbocycles. The number of carboxylic acids is 1. The van der Waals surface area contributed by atoms with Gasteiger partial charge in [-0.2, -0.15) is 0 Å². The van der Waals surface area contributed by atoms with Gasteiger partial charge in [0, 0.05) is 18.9 Å². The minimum atomic E-state index is -2.32. The second-order valence-electron chi connectivity index (χ2n) is 5.90. The highest BCUT2D eigenvalue weighted by atomic mass is 35.5. The van der Waals surface area contributed by atoms with Crippen LogP contribution in [0.3, 0.4) is 0 Å². The molecule has 1 aliphatic carbocycles. The third kappa shape index (κ3) is 2.68. The summed E-state index contributed by atoms with van der Waals surface area (Å²) in [6.07, 6.45) is 0.512. The van der Waals surface area contributed by atoms with Crippen molar-refractivity contribution in [1.82, 2.24) is 4.90 Å². The predicted molar refractivity (Wildman–Crippen MR) is 80.0 cm³/mol. The Morgan fingerprint density at radius 3 is 2.64 bits per heavy atom. The number of likely N-dealkylation sites (tertiary alicyclic amines) is 1. The van der Waals surface area contributed by atoms with E-state index in [-0.39, 0.29) is 37.3 Å². The number of amides is 1. The summed E-state index contributed by atoms with van der Waals surface area (Å²) in [6, 6.07) is 5.25. The van der Waals surface area contributed by atoms with Crippen molar-refractivity contribution in [2.45, 2.75) is 24.4 Å². The first-order valence-electron chi connectivity index (χ1n) is 6.98. The maximum atomic E-state index is 14.0. The van der Waals surface area contributed by atoms with Crippen molar-refractivity contribution in [3.05, 3.63) is 33.8 Å². The van der Waals surface area contributed by atoms with E-state index in [1.165, 1.54) is 4.90 Å². The van der Waals surface area contributed by atoms with Gasteiger partial charge in [-0.3, -0.25) is 4.79 Å². The second kappa shape index (κ2) is 5.39. The molecule has 1 heterocycles. The van der Waals surface area contributed by atoms with Gasteiger partial charge in [-0.25, -0.2) is 9.18 Å². The van der Waals surface area contributed by atoms with E-state index in [0.29, 0.717) is 16.5 Å². The van der Waals surface area contributed by atoms with Crippen molar-refractivity contribution in [2.24, 2.45) is 5.92 Å². The summed E-state index contributed by atoms with van der Waals surface area (Å²) in [6.45, 7) is -0.224. The number of nitrogens with zero attached hydrogens (tertiary/aromatic N) is 1. The molecule has 0 bridgehead atoms. The summed E-state index contributed by atoms with van der Waals surface area (Å²) in [5.74, 6) is -1.87. The van der Waals surface area contributed by atoms with Crippen molar-refractivity contribution >= 4 is 35.1 Å². The average Bonchev–Trinajstić information content (AvgIpc) is 3.16. The SMILES string of the molecule is O=C(C1CC1c1ccc(Cl)c(Cl)c1)N1CCC(F)(C(=O)O)C1. The number of benzene rings is 1. The van der Waals surface area contributed by atoms with E-state index in [0.717, 1.165) is 5.56 Å². The van der Waals surface area contributed by atoms with Crippen molar-refractivity contribution < 1.29 is 19.1 Å². The summed E-state index contributed by atoms with van der Waals surface area (Å²) in [5.41, 5.74) is -1.39. The molecule has 22 heavy (non-hydrogen) atoms. The Labute approximate surface area is 136 Å². The summed E-state index contributed by atoms with van der Waals surface area (Å²) in [5, 5.41) is 9.77. The molecule has 4 nitrogen and oxygen atoms in total. The second-order valence-corrected chi connectivity index (χ2v) is 6.72. The Morgan fingerprint density at radius 2 is 2.05 bits per heavy atom. The normalized spacial score (nSPS) is 30.4. The third-order valence-corrected chi connectivity index (χ3v) is 5.13. The number of alkyl halides is 1. The molecule has 0 radical (unpaired) electrons. The first kappa shape index (κ1) is 15.6. The van der Waals surface area contributed by atoms with Gasteiger partial charge in [0.1, 0.15) is 0 Å². The molecular weight excluding hydrogens is 332 g/mol. The lowest BCUT2D eigenvalue weighted by atomic mass is 10.1. The number of rotatable bonds is 3. The van der Waals surface area contributed by atoms with Crippen LogP contribution in [0, 0.1) is 5.92 Å². The molecule has 3 rings (SSSR count). The number of aliphatic carboxylic acids is 1. The number of hydrogen-bond donors (Lipinski definition) is 1. The fourth-order valence-corrected chi connectivity index (χ4v) is 3.26. The predicted octanol–water partition coefficient (Wildman–Crippen LogP) is 3.12.